The monoisotopic (exact) mass is 326 g/mol. The average molecular weight is 326 g/mol. The molecule has 0 saturated heterocycles. The van der Waals surface area contributed by atoms with Crippen molar-refractivity contribution < 1.29 is 27.1 Å². The molecule has 0 aromatic rings. The number of carbonyl (C=O) groups excluding carboxylic acids is 2. The lowest BCUT2D eigenvalue weighted by Gasteiger charge is -1.93. The highest BCUT2D eigenvalue weighted by atomic mass is 32.3. The highest BCUT2D eigenvalue weighted by Crippen LogP contribution is 1.86. The zero-order valence-corrected chi connectivity index (χ0v) is 11.1. The normalized spacial score (nSPS) is 23.6. The molecule has 2 heterocycles. The maximum atomic E-state index is 10.4. The molecule has 2 aliphatic heterocycles. The van der Waals surface area contributed by atoms with Crippen LogP contribution in [0.5, 0.6) is 0 Å². The smallest absolute Gasteiger partial charge is 0.384 e. The summed E-state index contributed by atoms with van der Waals surface area (Å²) < 4.78 is 31.6. The van der Waals surface area contributed by atoms with Gasteiger partial charge in [0.15, 0.2) is 0 Å². The van der Waals surface area contributed by atoms with E-state index < -0.39 is 22.5 Å². The molecule has 2 unspecified atom stereocenters. The third-order valence-electron chi connectivity index (χ3n) is 1.79. The van der Waals surface area contributed by atoms with Crippen molar-refractivity contribution in [2.45, 2.75) is 12.1 Å². The van der Waals surface area contributed by atoms with E-state index in [1.54, 1.807) is 0 Å². The Labute approximate surface area is 118 Å². The average Bonchev–Trinajstić information content (AvgIpc) is 2.79. The van der Waals surface area contributed by atoms with Crippen molar-refractivity contribution >= 4 is 33.9 Å². The van der Waals surface area contributed by atoms with Crippen molar-refractivity contribution in [3.8, 4) is 0 Å². The zero-order chi connectivity index (χ0) is 16.8. The fourth-order valence-electron chi connectivity index (χ4n) is 0.786. The second kappa shape index (κ2) is 7.45. The number of hydrogen-bond donors (Lipinski definition) is 8. The van der Waals surface area contributed by atoms with Crippen LogP contribution in [0, 0.1) is 0 Å². The number of amidine groups is 2. The predicted molar refractivity (Wildman–Crippen MR) is 69.7 cm³/mol. The molecular formula is C6H14N8O6S. The Morgan fingerprint density at radius 2 is 1.14 bits per heavy atom. The van der Waals surface area contributed by atoms with E-state index in [4.69, 9.17) is 40.5 Å². The second-order valence-corrected chi connectivity index (χ2v) is 4.32. The minimum Gasteiger partial charge on any atom is -0.384 e. The van der Waals surface area contributed by atoms with Crippen LogP contribution in [-0.2, 0) is 20.0 Å². The molecule has 14 nitrogen and oxygen atoms in total. The summed E-state index contributed by atoms with van der Waals surface area (Å²) in [6, 6.07) is -1.48. The van der Waals surface area contributed by atoms with Crippen LogP contribution >= 0.6 is 0 Å². The number of nitrogens with zero attached hydrogens (tertiary/aromatic N) is 2. The molecule has 0 aromatic heterocycles. The van der Waals surface area contributed by atoms with E-state index >= 15 is 0 Å². The summed E-state index contributed by atoms with van der Waals surface area (Å²) in [6.07, 6.45) is 0. The molecule has 0 saturated carbocycles. The van der Waals surface area contributed by atoms with E-state index in [1.807, 2.05) is 0 Å². The summed E-state index contributed by atoms with van der Waals surface area (Å²) in [4.78, 5) is 20.7. The molecule has 15 heteroatoms. The van der Waals surface area contributed by atoms with Crippen molar-refractivity contribution in [1.82, 2.24) is 10.9 Å². The molecule has 2 aliphatic rings. The molecule has 0 radical (unpaired) electrons. The van der Waals surface area contributed by atoms with Gasteiger partial charge in [-0.3, -0.25) is 18.7 Å². The summed E-state index contributed by atoms with van der Waals surface area (Å²) in [5.41, 5.74) is 24.8. The number of nitrogens with two attached hydrogens (primary N) is 4. The third kappa shape index (κ3) is 7.74. The number of amides is 2. The van der Waals surface area contributed by atoms with Gasteiger partial charge in [0.1, 0.15) is 23.8 Å². The van der Waals surface area contributed by atoms with Crippen LogP contribution in [0.1, 0.15) is 0 Å². The lowest BCUT2D eigenvalue weighted by molar-refractivity contribution is -0.120. The van der Waals surface area contributed by atoms with Gasteiger partial charge >= 0.3 is 10.4 Å². The summed E-state index contributed by atoms with van der Waals surface area (Å²) in [5, 5.41) is 6.74. The molecule has 12 N–H and O–H groups in total. The number of hydrazone groups is 2. The maximum absolute atomic E-state index is 10.4. The minimum atomic E-state index is -4.67. The molecule has 0 bridgehead atoms. The molecule has 21 heavy (non-hydrogen) atoms. The fourth-order valence-corrected chi connectivity index (χ4v) is 0.786. The molecule has 2 amide bonds. The van der Waals surface area contributed by atoms with Crippen molar-refractivity contribution in [2.75, 3.05) is 0 Å². The predicted octanol–water partition coefficient (Wildman–Crippen LogP) is -5.22. The Kier molecular flexibility index (Phi) is 6.62. The summed E-state index contributed by atoms with van der Waals surface area (Å²) in [5.74, 6) is -0.394. The number of hydrogen-bond acceptors (Lipinski definition) is 10. The summed E-state index contributed by atoms with van der Waals surface area (Å²) in [6.45, 7) is 0. The van der Waals surface area contributed by atoms with Gasteiger partial charge in [-0.15, -0.1) is 0 Å². The number of nitrogens with one attached hydrogen (secondary N) is 2. The fraction of sp³-hybridized carbons (Fsp3) is 0.333. The van der Waals surface area contributed by atoms with Crippen molar-refractivity contribution in [3.05, 3.63) is 0 Å². The van der Waals surface area contributed by atoms with E-state index in [-0.39, 0.29) is 23.5 Å². The Hall–Kier alpha value is -2.33. The van der Waals surface area contributed by atoms with Crippen molar-refractivity contribution in [3.63, 3.8) is 0 Å². The van der Waals surface area contributed by atoms with Gasteiger partial charge in [0.25, 0.3) is 11.8 Å². The molecule has 0 aromatic carbocycles. The highest BCUT2D eigenvalue weighted by Gasteiger charge is 2.23. The van der Waals surface area contributed by atoms with Crippen molar-refractivity contribution in [2.24, 2.45) is 33.1 Å². The summed E-state index contributed by atoms with van der Waals surface area (Å²) in [7, 11) is -4.67. The highest BCUT2D eigenvalue weighted by molar-refractivity contribution is 7.79. The Balaban J connectivity index is 0.000000296. The van der Waals surface area contributed by atoms with Crippen LogP contribution in [0.15, 0.2) is 10.2 Å². The standard InChI is InChI=1S/2C3H6N4O.H2O4S/c2*4-1-2(5)6-7-3(1)8;1-5(2,3)4/h2*1H,4H2,(H2,5,6)(H,7,8);(H2,1,2,3,4). The molecule has 2 rings (SSSR count). The van der Waals surface area contributed by atoms with Gasteiger partial charge in [-0.25, -0.2) is 10.9 Å². The first-order valence-corrected chi connectivity index (χ1v) is 6.30. The molecule has 0 aliphatic carbocycles. The van der Waals surface area contributed by atoms with E-state index in [1.165, 1.54) is 0 Å². The van der Waals surface area contributed by atoms with Crippen LogP contribution in [-0.4, -0.2) is 53.1 Å². The zero-order valence-electron chi connectivity index (χ0n) is 10.3. The minimum absolute atomic E-state index is 0.148. The number of carbonyl (C=O) groups is 2. The first-order valence-electron chi connectivity index (χ1n) is 4.90. The van der Waals surface area contributed by atoms with Crippen LogP contribution in [0.3, 0.4) is 0 Å². The van der Waals surface area contributed by atoms with Gasteiger partial charge in [-0.05, 0) is 0 Å². The lowest BCUT2D eigenvalue weighted by atomic mass is 10.3. The number of rotatable bonds is 0. The topological polar surface area (TPSA) is 262 Å². The van der Waals surface area contributed by atoms with Crippen LogP contribution in [0.2, 0.25) is 0 Å². The molecule has 2 atom stereocenters. The first kappa shape index (κ1) is 18.7. The van der Waals surface area contributed by atoms with Gasteiger partial charge in [0.2, 0.25) is 0 Å². The van der Waals surface area contributed by atoms with Crippen LogP contribution < -0.4 is 33.8 Å². The van der Waals surface area contributed by atoms with E-state index in [9.17, 15) is 9.59 Å². The van der Waals surface area contributed by atoms with Gasteiger partial charge in [-0.1, -0.05) is 0 Å². The van der Waals surface area contributed by atoms with Crippen LogP contribution in [0.25, 0.3) is 0 Å². The Morgan fingerprint density at radius 1 is 0.905 bits per heavy atom. The first-order chi connectivity index (χ1) is 9.43. The Bertz CT molecular complexity index is 526. The second-order valence-electron chi connectivity index (χ2n) is 3.43. The SMILES string of the molecule is NC1=NNC(=O)C1N.NC1=NNC(=O)C1N.O=S(=O)(O)O. The van der Waals surface area contributed by atoms with Gasteiger partial charge in [-0.2, -0.15) is 18.6 Å². The van der Waals surface area contributed by atoms with Gasteiger partial charge < -0.3 is 22.9 Å². The van der Waals surface area contributed by atoms with E-state index in [0.717, 1.165) is 0 Å². The van der Waals surface area contributed by atoms with Gasteiger partial charge in [0, 0.05) is 0 Å². The third-order valence-corrected chi connectivity index (χ3v) is 1.79. The quantitative estimate of drug-likeness (QED) is 0.196. The lowest BCUT2D eigenvalue weighted by Crippen LogP contribution is -2.40. The van der Waals surface area contributed by atoms with Crippen molar-refractivity contribution in [1.29, 1.82) is 0 Å². The molecule has 0 spiro atoms. The largest absolute Gasteiger partial charge is 0.394 e. The Morgan fingerprint density at radius 3 is 1.19 bits per heavy atom. The molecule has 120 valence electrons. The summed E-state index contributed by atoms with van der Waals surface area (Å²) >= 11 is 0. The maximum Gasteiger partial charge on any atom is 0.394 e. The van der Waals surface area contributed by atoms with Crippen LogP contribution in [0.4, 0.5) is 0 Å². The van der Waals surface area contributed by atoms with Gasteiger partial charge in [0.05, 0.1) is 0 Å². The van der Waals surface area contributed by atoms with E-state index in [0.29, 0.717) is 0 Å². The molecular weight excluding hydrogens is 312 g/mol. The molecule has 0 fully saturated rings. The van der Waals surface area contributed by atoms with E-state index in [2.05, 4.69) is 21.1 Å².